The van der Waals surface area contributed by atoms with Crippen LogP contribution in [0, 0.1) is 0 Å². The Kier molecular flexibility index (Phi) is 10.3. The highest BCUT2D eigenvalue weighted by atomic mass is 35.5. The lowest BCUT2D eigenvalue weighted by molar-refractivity contribution is -0.127. The zero-order valence-electron chi connectivity index (χ0n) is 23.3. The molecule has 0 unspecified atom stereocenters. The first-order valence-electron chi connectivity index (χ1n) is 13.4. The number of amides is 4. The van der Waals surface area contributed by atoms with Crippen molar-refractivity contribution in [3.8, 4) is 11.5 Å². The minimum Gasteiger partial charge on any atom is -0.490 e. The van der Waals surface area contributed by atoms with Crippen molar-refractivity contribution in [1.82, 2.24) is 10.2 Å². The summed E-state index contributed by atoms with van der Waals surface area (Å²) in [5, 5.41) is 6.36. The summed E-state index contributed by atoms with van der Waals surface area (Å²) in [5.74, 6) is -0.122. The van der Waals surface area contributed by atoms with Crippen molar-refractivity contribution in [3.05, 3.63) is 105 Å². The molecule has 1 aliphatic rings. The molecule has 0 aromatic heterocycles. The van der Waals surface area contributed by atoms with Gasteiger partial charge in [0.1, 0.15) is 18.8 Å². The second-order valence-electron chi connectivity index (χ2n) is 9.40. The topological polar surface area (TPSA) is 97.0 Å². The van der Waals surface area contributed by atoms with Crippen LogP contribution in [0.15, 0.2) is 72.9 Å². The lowest BCUT2D eigenvalue weighted by Crippen LogP contribution is -2.38. The van der Waals surface area contributed by atoms with Crippen LogP contribution in [-0.2, 0) is 29.0 Å². The molecule has 4 amide bonds. The fourth-order valence-electron chi connectivity index (χ4n) is 4.45. The Balaban J connectivity index is 1.56. The van der Waals surface area contributed by atoms with E-state index in [4.69, 9.17) is 32.7 Å². The predicted octanol–water partition coefficient (Wildman–Crippen LogP) is 6.79. The summed E-state index contributed by atoms with van der Waals surface area (Å²) in [4.78, 5) is 39.4. The molecule has 4 rings (SSSR count). The molecule has 0 aliphatic carbocycles. The monoisotopic (exact) mass is 607 g/mol. The Morgan fingerprint density at radius 2 is 1.81 bits per heavy atom. The van der Waals surface area contributed by atoms with Crippen LogP contribution >= 0.6 is 23.2 Å². The lowest BCUT2D eigenvalue weighted by Gasteiger charge is -2.17. The van der Waals surface area contributed by atoms with Gasteiger partial charge in [-0.15, -0.1) is 6.58 Å². The number of allylic oxidation sites excluding steroid dienone is 1. The quantitative estimate of drug-likeness (QED) is 0.134. The van der Waals surface area contributed by atoms with Crippen molar-refractivity contribution < 1.29 is 23.9 Å². The van der Waals surface area contributed by atoms with Crippen LogP contribution in [0.1, 0.15) is 36.1 Å². The van der Waals surface area contributed by atoms with E-state index in [0.29, 0.717) is 45.8 Å². The summed E-state index contributed by atoms with van der Waals surface area (Å²) < 4.78 is 12.0. The number of ether oxygens (including phenoxy) is 2. The molecule has 0 radical (unpaired) electrons. The van der Waals surface area contributed by atoms with Gasteiger partial charge in [-0.1, -0.05) is 60.5 Å². The molecule has 3 aromatic carbocycles. The predicted molar refractivity (Wildman–Crippen MR) is 165 cm³/mol. The van der Waals surface area contributed by atoms with Gasteiger partial charge >= 0.3 is 6.03 Å². The van der Waals surface area contributed by atoms with Crippen LogP contribution in [-0.4, -0.2) is 35.9 Å². The van der Waals surface area contributed by atoms with Gasteiger partial charge in [-0.3, -0.25) is 9.59 Å². The first kappa shape index (κ1) is 30.7. The van der Waals surface area contributed by atoms with Gasteiger partial charge in [0.05, 0.1) is 6.61 Å². The van der Waals surface area contributed by atoms with Gasteiger partial charge < -0.3 is 20.1 Å². The molecule has 1 saturated heterocycles. The van der Waals surface area contributed by atoms with Crippen LogP contribution < -0.4 is 20.1 Å². The number of nitrogens with zero attached hydrogens (tertiary/aromatic N) is 1. The zero-order valence-corrected chi connectivity index (χ0v) is 24.8. The van der Waals surface area contributed by atoms with E-state index in [1.807, 2.05) is 38.1 Å². The van der Waals surface area contributed by atoms with E-state index in [1.165, 1.54) is 0 Å². The van der Waals surface area contributed by atoms with Crippen molar-refractivity contribution in [2.24, 2.45) is 0 Å². The van der Waals surface area contributed by atoms with Gasteiger partial charge in [-0.05, 0) is 67.3 Å². The largest absolute Gasteiger partial charge is 0.490 e. The van der Waals surface area contributed by atoms with Gasteiger partial charge in [0.25, 0.3) is 5.91 Å². The fourth-order valence-corrected chi connectivity index (χ4v) is 4.92. The van der Waals surface area contributed by atoms with E-state index in [2.05, 4.69) is 17.2 Å². The second-order valence-corrected chi connectivity index (χ2v) is 10.2. The molecule has 3 aromatic rings. The molecule has 218 valence electrons. The van der Waals surface area contributed by atoms with E-state index in [-0.39, 0.29) is 12.3 Å². The number of carbonyl (C=O) groups is 3. The normalized spacial score (nSPS) is 13.7. The third-order valence-electron chi connectivity index (χ3n) is 6.45. The number of carbonyl (C=O) groups excluding carboxylic acids is 3. The molecular formula is C32H31Cl2N3O5. The number of hydrogen-bond acceptors (Lipinski definition) is 5. The number of urea groups is 1. The molecular weight excluding hydrogens is 577 g/mol. The molecule has 0 atom stereocenters. The van der Waals surface area contributed by atoms with Crippen molar-refractivity contribution in [1.29, 1.82) is 0 Å². The third kappa shape index (κ3) is 7.32. The highest BCUT2D eigenvalue weighted by Gasteiger charge is 2.35. The van der Waals surface area contributed by atoms with Crippen molar-refractivity contribution in [3.63, 3.8) is 0 Å². The van der Waals surface area contributed by atoms with Crippen molar-refractivity contribution >= 4 is 52.8 Å². The summed E-state index contributed by atoms with van der Waals surface area (Å²) >= 11 is 12.3. The van der Waals surface area contributed by atoms with E-state index in [9.17, 15) is 14.4 Å². The van der Waals surface area contributed by atoms with Crippen LogP contribution in [0.5, 0.6) is 11.5 Å². The maximum absolute atomic E-state index is 13.1. The smallest absolute Gasteiger partial charge is 0.329 e. The zero-order chi connectivity index (χ0) is 30.2. The number of anilines is 1. The Hall–Kier alpha value is -4.27. The summed E-state index contributed by atoms with van der Waals surface area (Å²) in [7, 11) is 0. The summed E-state index contributed by atoms with van der Waals surface area (Å²) in [6, 6.07) is 15.4. The molecule has 10 heteroatoms. The number of nitrogens with one attached hydrogen (secondary N) is 2. The van der Waals surface area contributed by atoms with Crippen LogP contribution in [0.4, 0.5) is 10.5 Å². The molecule has 1 heterocycles. The SMILES string of the molecule is C=CCc1cc(/C=C2/NC(=O)N(CC(=O)Nc3ccccc3CC)C2=O)cc(OCC)c1OCc1ccc(Cl)cc1Cl. The van der Waals surface area contributed by atoms with Crippen molar-refractivity contribution in [2.45, 2.75) is 33.3 Å². The average Bonchev–Trinajstić information content (AvgIpc) is 3.21. The number of rotatable bonds is 12. The molecule has 1 aliphatic heterocycles. The third-order valence-corrected chi connectivity index (χ3v) is 7.04. The van der Waals surface area contributed by atoms with Gasteiger partial charge in [-0.2, -0.15) is 0 Å². The molecule has 8 nitrogen and oxygen atoms in total. The molecule has 42 heavy (non-hydrogen) atoms. The Morgan fingerprint density at radius 3 is 2.52 bits per heavy atom. The average molecular weight is 609 g/mol. The number of benzene rings is 3. The van der Waals surface area contributed by atoms with Crippen LogP contribution in [0.3, 0.4) is 0 Å². The first-order chi connectivity index (χ1) is 20.2. The Morgan fingerprint density at radius 1 is 1.02 bits per heavy atom. The van der Waals surface area contributed by atoms with E-state index in [0.717, 1.165) is 28.0 Å². The summed E-state index contributed by atoms with van der Waals surface area (Å²) in [5.41, 5.74) is 3.74. The second kappa shape index (κ2) is 14.1. The van der Waals surface area contributed by atoms with Gasteiger partial charge in [0, 0.05) is 26.9 Å². The minimum absolute atomic E-state index is 0.0374. The van der Waals surface area contributed by atoms with Gasteiger partial charge in [0.2, 0.25) is 5.91 Å². The molecule has 0 saturated carbocycles. The van der Waals surface area contributed by atoms with Gasteiger partial charge in [-0.25, -0.2) is 9.69 Å². The first-order valence-corrected chi connectivity index (χ1v) is 14.2. The number of halogens is 2. The fraction of sp³-hybridized carbons (Fsp3) is 0.219. The Bertz CT molecular complexity index is 1550. The maximum atomic E-state index is 13.1. The molecule has 0 bridgehead atoms. The molecule has 1 fully saturated rings. The van der Waals surface area contributed by atoms with E-state index >= 15 is 0 Å². The highest BCUT2D eigenvalue weighted by Crippen LogP contribution is 2.36. The van der Waals surface area contributed by atoms with Crippen LogP contribution in [0.25, 0.3) is 6.08 Å². The van der Waals surface area contributed by atoms with Crippen LogP contribution in [0.2, 0.25) is 10.0 Å². The van der Waals surface area contributed by atoms with Gasteiger partial charge in [0.15, 0.2) is 11.5 Å². The van der Waals surface area contributed by atoms with E-state index in [1.54, 1.807) is 42.5 Å². The van der Waals surface area contributed by atoms with E-state index < -0.39 is 24.4 Å². The number of para-hydroxylation sites is 1. The lowest BCUT2D eigenvalue weighted by atomic mass is 10.0. The highest BCUT2D eigenvalue weighted by molar-refractivity contribution is 6.35. The molecule has 0 spiro atoms. The summed E-state index contributed by atoms with van der Waals surface area (Å²) in [6.07, 6.45) is 4.44. The molecule has 2 N–H and O–H groups in total. The number of imide groups is 1. The summed E-state index contributed by atoms with van der Waals surface area (Å²) in [6.45, 7) is 7.79. The number of aryl methyl sites for hydroxylation is 1. The number of hydrogen-bond donors (Lipinski definition) is 2. The minimum atomic E-state index is -0.679. The van der Waals surface area contributed by atoms with Crippen molar-refractivity contribution in [2.75, 3.05) is 18.5 Å². The Labute approximate surface area is 254 Å². The standard InChI is InChI=1S/C32H31Cl2N3O5/c1-4-9-22-14-20(16-28(41-6-3)30(22)42-19-23-12-13-24(33)17-25(23)34)15-27-31(39)37(32(40)36-27)18-29(38)35-26-11-8-7-10-21(26)5-2/h4,7-8,10-17H,1,5-6,9,18-19H2,2-3H3,(H,35,38)(H,36,40)/b27-15+. The maximum Gasteiger partial charge on any atom is 0.329 e.